The number of hydrogen-bond acceptors (Lipinski definition) is 2. The van der Waals surface area contributed by atoms with Gasteiger partial charge in [-0.05, 0) is 31.4 Å². The molecule has 1 aromatic heterocycles. The minimum Gasteiger partial charge on any atom is -0.393 e. The molecule has 0 saturated carbocycles. The molecule has 1 heterocycles. The molecule has 6 heteroatoms. The molecule has 2 nitrogen and oxygen atoms in total. The van der Waals surface area contributed by atoms with Gasteiger partial charge in [-0.25, -0.2) is 4.98 Å². The number of pyridine rings is 1. The fraction of sp³-hybridized carbons (Fsp3) is 0.500. The maximum absolute atomic E-state index is 12.4. The Balaban J connectivity index is 2.91. The summed E-state index contributed by atoms with van der Waals surface area (Å²) in [6.07, 6.45) is -3.67. The molecule has 0 fully saturated rings. The van der Waals surface area contributed by atoms with Gasteiger partial charge in [0.1, 0.15) is 5.15 Å². The zero-order chi connectivity index (χ0) is 12.3. The highest BCUT2D eigenvalue weighted by Crippen LogP contribution is 2.30. The topological polar surface area (TPSA) is 33.1 Å². The van der Waals surface area contributed by atoms with Crippen molar-refractivity contribution in [2.24, 2.45) is 0 Å². The smallest absolute Gasteiger partial charge is 0.393 e. The van der Waals surface area contributed by atoms with E-state index in [0.29, 0.717) is 18.2 Å². The van der Waals surface area contributed by atoms with E-state index in [1.807, 2.05) is 0 Å². The van der Waals surface area contributed by atoms with Crippen molar-refractivity contribution in [2.75, 3.05) is 0 Å². The lowest BCUT2D eigenvalue weighted by Gasteiger charge is -2.10. The Morgan fingerprint density at radius 3 is 2.62 bits per heavy atom. The van der Waals surface area contributed by atoms with Crippen molar-refractivity contribution < 1.29 is 18.3 Å². The lowest BCUT2D eigenvalue weighted by molar-refractivity contribution is -0.137. The molecule has 1 atom stereocenters. The first kappa shape index (κ1) is 13.3. The molecule has 1 N–H and O–H groups in total. The largest absolute Gasteiger partial charge is 0.417 e. The van der Waals surface area contributed by atoms with Gasteiger partial charge < -0.3 is 5.11 Å². The summed E-state index contributed by atoms with van der Waals surface area (Å²) >= 11 is 5.67. The summed E-state index contributed by atoms with van der Waals surface area (Å²) in [4.78, 5) is 3.49. The lowest BCUT2D eigenvalue weighted by atomic mass is 10.1. The first-order valence-electron chi connectivity index (χ1n) is 4.70. The molecule has 0 aliphatic rings. The van der Waals surface area contributed by atoms with Crippen LogP contribution in [0.5, 0.6) is 0 Å². The second-order valence-corrected chi connectivity index (χ2v) is 3.92. The fourth-order valence-electron chi connectivity index (χ4n) is 1.19. The second kappa shape index (κ2) is 5.01. The molecule has 0 amide bonds. The maximum Gasteiger partial charge on any atom is 0.417 e. The van der Waals surface area contributed by atoms with E-state index in [1.165, 1.54) is 0 Å². The molecule has 0 radical (unpaired) electrons. The number of aliphatic hydroxyl groups excluding tert-OH is 1. The molecule has 0 aromatic carbocycles. The van der Waals surface area contributed by atoms with Crippen LogP contribution in [0.3, 0.4) is 0 Å². The van der Waals surface area contributed by atoms with E-state index in [2.05, 4.69) is 4.98 Å². The molecular weight excluding hydrogens is 243 g/mol. The fourth-order valence-corrected chi connectivity index (χ4v) is 1.39. The van der Waals surface area contributed by atoms with Gasteiger partial charge in [0.25, 0.3) is 0 Å². The normalized spacial score (nSPS) is 13.9. The van der Waals surface area contributed by atoms with Crippen molar-refractivity contribution in [3.63, 3.8) is 0 Å². The molecule has 0 saturated heterocycles. The van der Waals surface area contributed by atoms with Crippen LogP contribution in [-0.4, -0.2) is 16.2 Å². The Bertz CT molecular complexity index is 366. The number of rotatable bonds is 3. The highest BCUT2D eigenvalue weighted by Gasteiger charge is 2.31. The van der Waals surface area contributed by atoms with E-state index in [4.69, 9.17) is 16.7 Å². The predicted molar refractivity (Wildman–Crippen MR) is 54.3 cm³/mol. The monoisotopic (exact) mass is 253 g/mol. The number of nitrogens with zero attached hydrogens (tertiary/aromatic N) is 1. The third-order valence-electron chi connectivity index (χ3n) is 2.07. The number of aromatic nitrogens is 1. The standard InChI is InChI=1S/C10H11ClF3NO/c1-6(16)2-3-7-4-8(10(12,13)14)5-15-9(7)11/h4-6,16H,2-3H2,1H3/t6-/m0/s1. The Kier molecular flexibility index (Phi) is 4.15. The quantitative estimate of drug-likeness (QED) is 0.840. The lowest BCUT2D eigenvalue weighted by Crippen LogP contribution is -2.08. The number of alkyl halides is 3. The average molecular weight is 254 g/mol. The van der Waals surface area contributed by atoms with Crippen molar-refractivity contribution >= 4 is 11.6 Å². The minimum atomic E-state index is -4.42. The van der Waals surface area contributed by atoms with Crippen molar-refractivity contribution in [1.29, 1.82) is 0 Å². The molecule has 1 aromatic rings. The van der Waals surface area contributed by atoms with Crippen LogP contribution >= 0.6 is 11.6 Å². The highest BCUT2D eigenvalue weighted by atomic mass is 35.5. The minimum absolute atomic E-state index is 0.0497. The van der Waals surface area contributed by atoms with E-state index >= 15 is 0 Å². The van der Waals surface area contributed by atoms with Crippen molar-refractivity contribution in [3.8, 4) is 0 Å². The average Bonchev–Trinajstić information content (AvgIpc) is 2.14. The van der Waals surface area contributed by atoms with Gasteiger partial charge in [-0.2, -0.15) is 13.2 Å². The number of halogens is 4. The summed E-state index contributed by atoms with van der Waals surface area (Å²) in [7, 11) is 0. The van der Waals surface area contributed by atoms with E-state index in [-0.39, 0.29) is 11.6 Å². The van der Waals surface area contributed by atoms with E-state index in [0.717, 1.165) is 6.07 Å². The molecule has 0 spiro atoms. The van der Waals surface area contributed by atoms with Crippen molar-refractivity contribution in [1.82, 2.24) is 4.98 Å². The molecule has 90 valence electrons. The molecule has 0 aliphatic carbocycles. The van der Waals surface area contributed by atoms with Gasteiger partial charge in [0.2, 0.25) is 0 Å². The van der Waals surface area contributed by atoms with Crippen LogP contribution in [0.1, 0.15) is 24.5 Å². The Morgan fingerprint density at radius 2 is 2.12 bits per heavy atom. The van der Waals surface area contributed by atoms with Crippen LogP contribution in [0.2, 0.25) is 5.15 Å². The molecule has 0 aliphatic heterocycles. The van der Waals surface area contributed by atoms with Gasteiger partial charge in [-0.15, -0.1) is 0 Å². The molecular formula is C10H11ClF3NO. The summed E-state index contributed by atoms with van der Waals surface area (Å²) < 4.78 is 37.1. The predicted octanol–water partition coefficient (Wildman–Crippen LogP) is 3.07. The van der Waals surface area contributed by atoms with Crippen LogP contribution in [0.15, 0.2) is 12.3 Å². The number of aryl methyl sites for hydroxylation is 1. The summed E-state index contributed by atoms with van der Waals surface area (Å²) in [6, 6.07) is 0.970. The molecule has 16 heavy (non-hydrogen) atoms. The SMILES string of the molecule is C[C@H](O)CCc1cc(C(F)(F)F)cnc1Cl. The van der Waals surface area contributed by atoms with Crippen LogP contribution in [-0.2, 0) is 12.6 Å². The van der Waals surface area contributed by atoms with Gasteiger partial charge in [-0.3, -0.25) is 0 Å². The van der Waals surface area contributed by atoms with Gasteiger partial charge in [0.05, 0.1) is 11.7 Å². The van der Waals surface area contributed by atoms with Crippen molar-refractivity contribution in [2.45, 2.75) is 32.0 Å². The van der Waals surface area contributed by atoms with E-state index in [1.54, 1.807) is 6.92 Å². The Morgan fingerprint density at radius 1 is 1.50 bits per heavy atom. The van der Waals surface area contributed by atoms with E-state index in [9.17, 15) is 13.2 Å². The van der Waals surface area contributed by atoms with Crippen LogP contribution in [0, 0.1) is 0 Å². The zero-order valence-electron chi connectivity index (χ0n) is 8.55. The van der Waals surface area contributed by atoms with Gasteiger partial charge in [0, 0.05) is 6.20 Å². The van der Waals surface area contributed by atoms with Gasteiger partial charge in [-0.1, -0.05) is 11.6 Å². The first-order valence-corrected chi connectivity index (χ1v) is 5.08. The third-order valence-corrected chi connectivity index (χ3v) is 2.41. The number of hydrogen-bond donors (Lipinski definition) is 1. The van der Waals surface area contributed by atoms with Gasteiger partial charge in [0.15, 0.2) is 0 Å². The second-order valence-electron chi connectivity index (χ2n) is 3.56. The summed E-state index contributed by atoms with van der Waals surface area (Å²) in [5, 5.41) is 9.10. The third kappa shape index (κ3) is 3.64. The summed E-state index contributed by atoms with van der Waals surface area (Å²) in [5.41, 5.74) is -0.519. The van der Waals surface area contributed by atoms with Crippen molar-refractivity contribution in [3.05, 3.63) is 28.5 Å². The molecule has 0 bridgehead atoms. The highest BCUT2D eigenvalue weighted by molar-refractivity contribution is 6.30. The summed E-state index contributed by atoms with van der Waals surface area (Å²) in [5.74, 6) is 0. The van der Waals surface area contributed by atoms with Crippen LogP contribution < -0.4 is 0 Å². The molecule has 1 rings (SSSR count). The Hall–Kier alpha value is -0.810. The van der Waals surface area contributed by atoms with E-state index < -0.39 is 17.8 Å². The van der Waals surface area contributed by atoms with Crippen LogP contribution in [0.25, 0.3) is 0 Å². The first-order chi connectivity index (χ1) is 7.30. The summed E-state index contributed by atoms with van der Waals surface area (Å²) in [6.45, 7) is 1.56. The molecule has 0 unspecified atom stereocenters. The van der Waals surface area contributed by atoms with Crippen LogP contribution in [0.4, 0.5) is 13.2 Å². The Labute approximate surface area is 96.1 Å². The zero-order valence-corrected chi connectivity index (χ0v) is 9.31. The van der Waals surface area contributed by atoms with Gasteiger partial charge >= 0.3 is 6.18 Å². The maximum atomic E-state index is 12.4. The number of aliphatic hydroxyl groups is 1.